The molecule has 5 nitrogen and oxygen atoms in total. The van der Waals surface area contributed by atoms with Gasteiger partial charge in [-0.05, 0) is 19.4 Å². The molecule has 25 heavy (non-hydrogen) atoms. The zero-order valence-electron chi connectivity index (χ0n) is 14.8. The summed E-state index contributed by atoms with van der Waals surface area (Å²) in [6.07, 6.45) is 1.56. The Morgan fingerprint density at radius 3 is 2.64 bits per heavy atom. The molecule has 2 aliphatic rings. The van der Waals surface area contributed by atoms with Crippen LogP contribution in [0.15, 0.2) is 41.9 Å². The normalized spacial score (nSPS) is 30.5. The van der Waals surface area contributed by atoms with Gasteiger partial charge in [-0.2, -0.15) is 4.57 Å². The molecular weight excluding hydrogens is 338 g/mol. The lowest BCUT2D eigenvalue weighted by Crippen LogP contribution is -2.35. The molecule has 2 aromatic rings. The monoisotopic (exact) mass is 362 g/mol. The van der Waals surface area contributed by atoms with Gasteiger partial charge in [-0.15, -0.1) is 0 Å². The second-order valence-corrected chi connectivity index (χ2v) is 7.94. The number of aryl methyl sites for hydroxylation is 1. The summed E-state index contributed by atoms with van der Waals surface area (Å²) in [6.45, 7) is 4.97. The number of hydrogen-bond acceptors (Lipinski definition) is 5. The van der Waals surface area contributed by atoms with E-state index in [9.17, 15) is 0 Å². The number of thiazole rings is 1. The first-order valence-corrected chi connectivity index (χ1v) is 9.47. The van der Waals surface area contributed by atoms with Crippen LogP contribution in [0.2, 0.25) is 0 Å². The predicted octanol–water partition coefficient (Wildman–Crippen LogP) is 2.75. The number of benzene rings is 1. The van der Waals surface area contributed by atoms with Gasteiger partial charge in [-0.25, -0.2) is 0 Å². The van der Waals surface area contributed by atoms with Gasteiger partial charge < -0.3 is 18.9 Å². The average molecular weight is 362 g/mol. The highest BCUT2D eigenvalue weighted by atomic mass is 32.1. The highest BCUT2D eigenvalue weighted by molar-refractivity contribution is 7.09. The Bertz CT molecular complexity index is 717. The molecule has 2 aliphatic heterocycles. The van der Waals surface area contributed by atoms with Crippen molar-refractivity contribution in [3.63, 3.8) is 0 Å². The molecular formula is C19H24NO4S+. The number of nitrogens with zero attached hydrogens (tertiary/aromatic N) is 1. The van der Waals surface area contributed by atoms with Crippen molar-refractivity contribution in [2.45, 2.75) is 50.7 Å². The van der Waals surface area contributed by atoms with Gasteiger partial charge in [0.1, 0.15) is 25.4 Å². The van der Waals surface area contributed by atoms with Gasteiger partial charge in [0.05, 0.1) is 18.6 Å². The topological polar surface area (TPSA) is 40.8 Å². The third kappa shape index (κ3) is 3.50. The Morgan fingerprint density at radius 2 is 1.92 bits per heavy atom. The highest BCUT2D eigenvalue weighted by Crippen LogP contribution is 2.45. The molecule has 2 saturated heterocycles. The van der Waals surface area contributed by atoms with Crippen molar-refractivity contribution in [3.8, 4) is 0 Å². The van der Waals surface area contributed by atoms with Crippen LogP contribution in [0.1, 0.15) is 30.5 Å². The van der Waals surface area contributed by atoms with Gasteiger partial charge in [0, 0.05) is 0 Å². The summed E-state index contributed by atoms with van der Waals surface area (Å²) in [6, 6.07) is 10.2. The number of hydrogen-bond donors (Lipinski definition) is 0. The molecule has 134 valence electrons. The molecule has 2 fully saturated rings. The van der Waals surface area contributed by atoms with Crippen LogP contribution < -0.4 is 4.57 Å². The summed E-state index contributed by atoms with van der Waals surface area (Å²) in [5.41, 5.74) is 1.15. The highest BCUT2D eigenvalue weighted by Gasteiger charge is 2.57. The smallest absolute Gasteiger partial charge is 0.269 e. The summed E-state index contributed by atoms with van der Waals surface area (Å²) in [5.74, 6) is -0.592. The number of rotatable bonds is 5. The van der Waals surface area contributed by atoms with E-state index in [0.29, 0.717) is 13.2 Å². The Morgan fingerprint density at radius 1 is 1.16 bits per heavy atom. The largest absolute Gasteiger partial charge is 0.374 e. The van der Waals surface area contributed by atoms with Crippen LogP contribution in [-0.4, -0.2) is 30.7 Å². The van der Waals surface area contributed by atoms with Crippen molar-refractivity contribution in [2.24, 2.45) is 7.05 Å². The molecule has 0 radical (unpaired) electrons. The fourth-order valence-corrected chi connectivity index (χ4v) is 4.43. The summed E-state index contributed by atoms with van der Waals surface area (Å²) in [4.78, 5) is 0. The molecule has 0 amide bonds. The van der Waals surface area contributed by atoms with Crippen molar-refractivity contribution in [1.82, 2.24) is 0 Å². The second-order valence-electron chi connectivity index (χ2n) is 7.01. The molecule has 1 aromatic carbocycles. The standard InChI is InChI=1S/C19H24NO4S/c1-19(2)23-15-14(12-21-11-13-7-5-4-6-8-13)22-17(16(15)24-19)18-20(3)9-10-25-18/h4-10,14-17H,11-12H2,1-3H3/q+1/t14-,15-,16-,17-/m1/s1. The van der Waals surface area contributed by atoms with Gasteiger partial charge in [-0.3, -0.25) is 0 Å². The van der Waals surface area contributed by atoms with E-state index in [2.05, 4.69) is 22.1 Å². The van der Waals surface area contributed by atoms with Crippen molar-refractivity contribution in [3.05, 3.63) is 52.5 Å². The summed E-state index contributed by atoms with van der Waals surface area (Å²) < 4.78 is 26.6. The molecule has 1 aromatic heterocycles. The van der Waals surface area contributed by atoms with E-state index < -0.39 is 5.79 Å². The zero-order valence-corrected chi connectivity index (χ0v) is 15.6. The molecule has 4 atom stereocenters. The summed E-state index contributed by atoms with van der Waals surface area (Å²) >= 11 is 1.68. The first-order chi connectivity index (χ1) is 12.0. The van der Waals surface area contributed by atoms with Gasteiger partial charge in [0.2, 0.25) is 0 Å². The Balaban J connectivity index is 1.46. The van der Waals surface area contributed by atoms with E-state index in [4.69, 9.17) is 18.9 Å². The number of aromatic nitrogens is 1. The second kappa shape index (κ2) is 6.78. The molecule has 0 saturated carbocycles. The van der Waals surface area contributed by atoms with Crippen molar-refractivity contribution in [2.75, 3.05) is 6.61 Å². The van der Waals surface area contributed by atoms with Crippen LogP contribution in [0.25, 0.3) is 0 Å². The molecule has 0 bridgehead atoms. The van der Waals surface area contributed by atoms with Gasteiger partial charge in [0.25, 0.3) is 5.01 Å². The number of ether oxygens (including phenoxy) is 4. The third-order valence-electron chi connectivity index (χ3n) is 4.61. The maximum Gasteiger partial charge on any atom is 0.269 e. The van der Waals surface area contributed by atoms with Crippen molar-refractivity contribution < 1.29 is 23.5 Å². The fourth-order valence-electron chi connectivity index (χ4n) is 3.50. The lowest BCUT2D eigenvalue weighted by Gasteiger charge is -2.23. The van der Waals surface area contributed by atoms with Crippen molar-refractivity contribution >= 4 is 11.3 Å². The molecule has 3 heterocycles. The van der Waals surface area contributed by atoms with Gasteiger partial charge >= 0.3 is 0 Å². The Labute approximate surface area is 152 Å². The first-order valence-electron chi connectivity index (χ1n) is 8.59. The zero-order chi connectivity index (χ0) is 17.4. The van der Waals surface area contributed by atoms with E-state index in [0.717, 1.165) is 10.6 Å². The Kier molecular flexibility index (Phi) is 4.64. The van der Waals surface area contributed by atoms with Crippen LogP contribution in [0, 0.1) is 0 Å². The summed E-state index contributed by atoms with van der Waals surface area (Å²) in [5, 5.41) is 3.20. The first kappa shape index (κ1) is 17.1. The van der Waals surface area contributed by atoms with E-state index in [-0.39, 0.29) is 24.4 Å². The lowest BCUT2D eigenvalue weighted by atomic mass is 10.1. The molecule has 0 spiro atoms. The van der Waals surface area contributed by atoms with Crippen LogP contribution in [0.4, 0.5) is 0 Å². The SMILES string of the molecule is C[n+]1ccsc1[C@@H]1O[C@H](COCc2ccccc2)[C@H]2OC(C)(C)O[C@H]21. The molecule has 6 heteroatoms. The van der Waals surface area contributed by atoms with Crippen LogP contribution >= 0.6 is 11.3 Å². The minimum atomic E-state index is -0.592. The average Bonchev–Trinajstić information content (AvgIpc) is 3.22. The Hall–Kier alpha value is -1.31. The van der Waals surface area contributed by atoms with Crippen LogP contribution in [-0.2, 0) is 32.6 Å². The van der Waals surface area contributed by atoms with E-state index >= 15 is 0 Å². The molecule has 0 aliphatic carbocycles. The molecule has 0 unspecified atom stereocenters. The lowest BCUT2D eigenvalue weighted by molar-refractivity contribution is -0.678. The number of fused-ring (bicyclic) bond motifs is 1. The predicted molar refractivity (Wildman–Crippen MR) is 93.0 cm³/mol. The third-order valence-corrected chi connectivity index (χ3v) is 5.63. The minimum Gasteiger partial charge on any atom is -0.374 e. The van der Waals surface area contributed by atoms with E-state index in [1.54, 1.807) is 11.3 Å². The van der Waals surface area contributed by atoms with Crippen molar-refractivity contribution in [1.29, 1.82) is 0 Å². The van der Waals surface area contributed by atoms with E-state index in [1.165, 1.54) is 0 Å². The van der Waals surface area contributed by atoms with Gasteiger partial charge in [-0.1, -0.05) is 41.7 Å². The van der Waals surface area contributed by atoms with Gasteiger partial charge in [0.15, 0.2) is 18.1 Å². The fraction of sp³-hybridized carbons (Fsp3) is 0.526. The van der Waals surface area contributed by atoms with E-state index in [1.807, 2.05) is 45.3 Å². The van der Waals surface area contributed by atoms with Crippen LogP contribution in [0.3, 0.4) is 0 Å². The molecule has 0 N–H and O–H groups in total. The van der Waals surface area contributed by atoms with Crippen LogP contribution in [0.5, 0.6) is 0 Å². The minimum absolute atomic E-state index is 0.106. The quantitative estimate of drug-likeness (QED) is 0.767. The molecule has 4 rings (SSSR count). The maximum absolute atomic E-state index is 6.30. The summed E-state index contributed by atoms with van der Waals surface area (Å²) in [7, 11) is 2.03. The maximum atomic E-state index is 6.30.